The van der Waals surface area contributed by atoms with Gasteiger partial charge < -0.3 is 52.4 Å². The second-order valence-corrected chi connectivity index (χ2v) is 35.4. The van der Waals surface area contributed by atoms with Gasteiger partial charge in [0.15, 0.2) is 40.6 Å². The molecule has 0 aliphatic heterocycles. The Morgan fingerprint density at radius 1 is 0.365 bits per heavy atom. The fourth-order valence-corrected chi connectivity index (χ4v) is 21.7. The van der Waals surface area contributed by atoms with Crippen molar-refractivity contribution >= 4 is 28.9 Å². The highest BCUT2D eigenvalue weighted by Crippen LogP contribution is 2.58. The van der Waals surface area contributed by atoms with Gasteiger partial charge in [-0.3, -0.25) is 0 Å². The van der Waals surface area contributed by atoms with Gasteiger partial charge in [0.25, 0.3) is 0 Å². The normalized spacial score (nSPS) is 28.2. The van der Waals surface area contributed by atoms with Crippen LogP contribution in [0.5, 0.6) is 35.4 Å². The minimum atomic E-state index is -0.526. The fraction of sp³-hybridized carbons (Fsp3) is 0.490. The Kier molecular flexibility index (Phi) is 25.2. The number of rotatable bonds is 12. The van der Waals surface area contributed by atoms with Gasteiger partial charge in [-0.25, -0.2) is 54.1 Å². The Balaban J connectivity index is 0.000000128. The van der Waals surface area contributed by atoms with Crippen LogP contribution in [0, 0.1) is 99.0 Å². The maximum atomic E-state index is 12.5. The predicted molar refractivity (Wildman–Crippen MR) is 467 cm³/mol. The lowest BCUT2D eigenvalue weighted by Crippen LogP contribution is -2.46. The molecule has 11 aliphatic carbocycles. The number of ether oxygens (including phenoxy) is 6. The average Bonchev–Trinajstić information content (AvgIpc) is 0.801. The van der Waals surface area contributed by atoms with E-state index in [-0.39, 0.29) is 123 Å². The number of benzene rings is 1. The quantitative estimate of drug-likeness (QED) is 0.103. The molecule has 0 radical (unpaired) electrons. The smallest absolute Gasteiger partial charge is 0.319 e. The minimum absolute atomic E-state index is 0.0284. The lowest BCUT2D eigenvalue weighted by atomic mass is 9.58. The molecule has 11 aliphatic rings. The second kappa shape index (κ2) is 35.6. The molecule has 6 heterocycles. The first-order valence-corrected chi connectivity index (χ1v) is 43.4. The Morgan fingerprint density at radius 3 is 1.01 bits per heavy atom. The van der Waals surface area contributed by atoms with Crippen LogP contribution >= 0.6 is 0 Å². The zero-order valence-corrected chi connectivity index (χ0v) is 74.6. The summed E-state index contributed by atoms with van der Waals surface area (Å²) in [4.78, 5) is 134. The van der Waals surface area contributed by atoms with Crippen molar-refractivity contribution in [1.29, 1.82) is 0 Å². The van der Waals surface area contributed by atoms with E-state index < -0.39 is 27.1 Å². The molecule has 648 valence electrons. The lowest BCUT2D eigenvalue weighted by Gasteiger charge is -2.45. The van der Waals surface area contributed by atoms with E-state index >= 15 is 0 Å². The van der Waals surface area contributed by atoms with Crippen LogP contribution in [0.25, 0.3) is 47.0 Å². The summed E-state index contributed by atoms with van der Waals surface area (Å²) in [5.74, 6) is 5.48. The van der Waals surface area contributed by atoms with Crippen LogP contribution in [-0.2, 0) is 83.2 Å². The van der Waals surface area contributed by atoms with E-state index in [1.807, 2.05) is 111 Å². The van der Waals surface area contributed by atoms with Gasteiger partial charge >= 0.3 is 6.01 Å². The molecule has 0 amide bonds. The number of fused-ring (bicyclic) bond motifs is 15. The lowest BCUT2D eigenvalue weighted by molar-refractivity contribution is -0.122. The molecule has 7 aromatic rings. The maximum absolute atomic E-state index is 12.5. The Hall–Kier alpha value is -13.0. The molecule has 15 atom stereocenters. The van der Waals surface area contributed by atoms with E-state index in [2.05, 4.69) is 98.7 Å². The molecule has 0 unspecified atom stereocenters. The van der Waals surface area contributed by atoms with Crippen LogP contribution < -0.4 is 28.4 Å². The summed E-state index contributed by atoms with van der Waals surface area (Å²) < 4.78 is 33.7. The molecule has 0 saturated heterocycles. The molecule has 126 heavy (non-hydrogen) atoms. The van der Waals surface area contributed by atoms with Gasteiger partial charge in [-0.1, -0.05) is 130 Å². The number of methoxy groups -OCH3 is 3. The molecule has 1 fully saturated rings. The van der Waals surface area contributed by atoms with E-state index in [9.17, 15) is 24.0 Å². The van der Waals surface area contributed by atoms with Crippen molar-refractivity contribution in [2.75, 3.05) is 41.2 Å². The van der Waals surface area contributed by atoms with Crippen LogP contribution in [-0.4, -0.2) is 130 Å². The van der Waals surface area contributed by atoms with Gasteiger partial charge in [-0.05, 0) is 134 Å². The third-order valence-corrected chi connectivity index (χ3v) is 28.2. The number of carbonyl (C=O) groups excluding carboxylic acids is 5. The summed E-state index contributed by atoms with van der Waals surface area (Å²) >= 11 is 0. The Bertz CT molecular complexity index is 5820. The molecule has 6 aromatic heterocycles. The first-order valence-electron chi connectivity index (χ1n) is 43.4. The second-order valence-electron chi connectivity index (χ2n) is 35.4. The first kappa shape index (κ1) is 89.3. The maximum Gasteiger partial charge on any atom is 0.319 e. The van der Waals surface area contributed by atoms with Crippen LogP contribution in [0.1, 0.15) is 209 Å². The summed E-state index contributed by atoms with van der Waals surface area (Å²) in [6.07, 6.45) is 24.3. The number of aromatic nitrogens is 12. The summed E-state index contributed by atoms with van der Waals surface area (Å²) in [7, 11) is 4.87. The largest absolute Gasteiger partial charge is 0.481 e. The number of aryl methyl sites for hydroxylation is 1. The van der Waals surface area contributed by atoms with E-state index in [1.165, 1.54) is 6.33 Å². The van der Waals surface area contributed by atoms with Crippen molar-refractivity contribution in [3.8, 4) is 58.2 Å². The van der Waals surface area contributed by atoms with E-state index in [4.69, 9.17) is 81.2 Å². The number of hydrogen-bond donors (Lipinski definition) is 0. The standard InChI is InChI=1S/C22H21N3O2.C20H19N5O2.C19H23N3O3.C19H21N3O2.C18H21N3O2/c1-13-16-11-10-15-19(22(16,2)12-17(23-3)18(13)26)24-20(25-21(15)27-4)14-8-6-5-7-9-14;1-11-14-6-5-13-17(20(14,2)7-15(21-3)16(11)26)24-18(25-19(13)27-4)12-8-22-10-23-9-12;1-6-24-17-12-8-9-13-11(3)15(23)14(20-5)10-19(13,4)16(12)21-18(22-17)25-7-2;1-10-13-8-7-12-16(19(13,2)9-14(20-3)15(10)23)21-17(11-5-6-11)22-18(12)24-4;1-6-23-17-12-7-8-13-10(2)15(22)14(19-5)9-18(13,4)16(12)20-11(3)21-17/h5-9,12-13,16H,10-11H2,1-2,4H3;7-11,14H,5-6H2,1-2,4H3;10-11,13H,6-9H2,1-4H3;9-11,13H,5-8H2,1-2,4H3;9-10,13H,6-8H2,1-4H3/t13-,16-,22-;11-,14-,20-;11-,13-,19-;10-,13-,19-;10-,13-,18-/m00000/s1. The van der Waals surface area contributed by atoms with Gasteiger partial charge in [-0.15, -0.1) is 0 Å². The molecular formula is C98H105N17O11. The molecule has 0 bridgehead atoms. The van der Waals surface area contributed by atoms with Gasteiger partial charge in [-0.2, -0.15) is 29.9 Å². The average molecular weight is 1700 g/mol. The SMILES string of the molecule is [C-]#[N+]C1=C[C@]2(C)c3nc(-c4ccccc4)nc(OC)c3CC[C@H]2[C@H](C)C1=O.[C-]#[N+]C1=C[C@]2(C)c3nc(-c4cncnc4)nc(OC)c3CC[C@H]2[C@H](C)C1=O.[C-]#[N+]C1=C[C@]2(C)c3nc(C)nc(OCC)c3CC[C@H]2[C@H](C)C1=O.[C-]#[N+]C1=C[C@]2(C)c3nc(C4CC4)nc(OC)c3CC[C@H]2[C@H](C)C1=O.[C-]#[N+]C1=C[C@]2(C)c3nc(OCC)nc(OCC)c3CC[C@H]2[C@H](C)C1=O. The van der Waals surface area contributed by atoms with Crippen LogP contribution in [0.15, 0.2) is 108 Å². The summed E-state index contributed by atoms with van der Waals surface area (Å²) in [5.41, 5.74) is 9.75. The van der Waals surface area contributed by atoms with E-state index in [0.717, 1.165) is 145 Å². The Labute approximate surface area is 735 Å². The summed E-state index contributed by atoms with van der Waals surface area (Å²) in [5, 5.41) is 0. The van der Waals surface area contributed by atoms with Crippen molar-refractivity contribution in [2.24, 2.45) is 59.2 Å². The van der Waals surface area contributed by atoms with E-state index in [1.54, 1.807) is 45.9 Å². The number of hydrogen-bond acceptors (Lipinski definition) is 23. The molecule has 1 aromatic carbocycles. The first-order chi connectivity index (χ1) is 60.3. The summed E-state index contributed by atoms with van der Waals surface area (Å²) in [6, 6.07) is 10.1. The van der Waals surface area contributed by atoms with Crippen molar-refractivity contribution in [3.05, 3.63) is 233 Å². The van der Waals surface area contributed by atoms with Crippen molar-refractivity contribution in [1.82, 2.24) is 59.8 Å². The van der Waals surface area contributed by atoms with Gasteiger partial charge in [0, 0.05) is 108 Å². The topological polar surface area (TPSA) is 317 Å². The number of carbonyl (C=O) groups is 5. The number of ketones is 5. The van der Waals surface area contributed by atoms with Crippen LogP contribution in [0.4, 0.5) is 0 Å². The predicted octanol–water partition coefficient (Wildman–Crippen LogP) is 16.1. The molecular weight excluding hydrogens is 1590 g/mol. The van der Waals surface area contributed by atoms with Crippen molar-refractivity contribution in [2.45, 2.75) is 207 Å². The fourth-order valence-electron chi connectivity index (χ4n) is 21.7. The highest BCUT2D eigenvalue weighted by Gasteiger charge is 2.56. The minimum Gasteiger partial charge on any atom is -0.481 e. The number of allylic oxidation sites excluding steroid dienone is 10. The summed E-state index contributed by atoms with van der Waals surface area (Å²) in [6.45, 7) is 66.1. The third kappa shape index (κ3) is 15.6. The number of nitrogens with zero attached hydrogens (tertiary/aromatic N) is 17. The highest BCUT2D eigenvalue weighted by atomic mass is 16.5. The zero-order valence-electron chi connectivity index (χ0n) is 74.6. The molecule has 1 saturated carbocycles. The van der Waals surface area contributed by atoms with Crippen LogP contribution in [0.2, 0.25) is 0 Å². The number of Topliss-reactive ketones (excluding diaryl/α,β-unsaturated/α-hetero) is 5. The highest BCUT2D eigenvalue weighted by molar-refractivity contribution is 6.03. The van der Waals surface area contributed by atoms with Gasteiger partial charge in [0.2, 0.25) is 57.9 Å². The zero-order chi connectivity index (χ0) is 90.4. The molecule has 28 heteroatoms. The third-order valence-electron chi connectivity index (χ3n) is 28.2. The molecule has 28 nitrogen and oxygen atoms in total. The van der Waals surface area contributed by atoms with Gasteiger partial charge in [0.05, 0.1) is 108 Å². The van der Waals surface area contributed by atoms with Gasteiger partial charge in [0.1, 0.15) is 18.0 Å². The van der Waals surface area contributed by atoms with E-state index in [0.29, 0.717) is 78.2 Å². The van der Waals surface area contributed by atoms with Crippen molar-refractivity contribution in [3.63, 3.8) is 0 Å². The van der Waals surface area contributed by atoms with Crippen molar-refractivity contribution < 1.29 is 52.4 Å². The molecule has 0 N–H and O–H groups in total. The monoisotopic (exact) mass is 1700 g/mol. The molecule has 0 spiro atoms. The Morgan fingerprint density at radius 2 is 0.675 bits per heavy atom. The van der Waals surface area contributed by atoms with Crippen LogP contribution in [0.3, 0.4) is 0 Å². The molecule has 18 rings (SSSR count).